The summed E-state index contributed by atoms with van der Waals surface area (Å²) in [5, 5.41) is 3.54. The first kappa shape index (κ1) is 13.0. The average molecular weight is 185 g/mol. The molecule has 0 aliphatic heterocycles. The molecule has 0 aromatic rings. The van der Waals surface area contributed by atoms with Crippen molar-refractivity contribution in [2.75, 3.05) is 6.54 Å². The fourth-order valence-corrected chi connectivity index (χ4v) is 2.50. The van der Waals surface area contributed by atoms with E-state index in [0.717, 1.165) is 6.54 Å². The van der Waals surface area contributed by atoms with Crippen molar-refractivity contribution in [3.05, 3.63) is 0 Å². The molecule has 0 amide bonds. The third-order valence-electron chi connectivity index (χ3n) is 2.50. The fourth-order valence-electron chi connectivity index (χ4n) is 2.50. The van der Waals surface area contributed by atoms with Crippen molar-refractivity contribution in [2.45, 2.75) is 66.3 Å². The van der Waals surface area contributed by atoms with Crippen LogP contribution in [0.25, 0.3) is 0 Å². The molecule has 0 heterocycles. The monoisotopic (exact) mass is 185 g/mol. The zero-order valence-corrected chi connectivity index (χ0v) is 10.3. The van der Waals surface area contributed by atoms with Crippen LogP contribution in [0.1, 0.15) is 60.8 Å². The van der Waals surface area contributed by atoms with Crippen LogP contribution in [-0.4, -0.2) is 12.1 Å². The molecule has 1 heteroatoms. The highest BCUT2D eigenvalue weighted by molar-refractivity contribution is 4.84. The molecule has 13 heavy (non-hydrogen) atoms. The van der Waals surface area contributed by atoms with Gasteiger partial charge in [-0.05, 0) is 38.6 Å². The lowest BCUT2D eigenvalue weighted by Gasteiger charge is -2.35. The molecular formula is C12H27N. The average Bonchev–Trinajstić information content (AvgIpc) is 1.82. The lowest BCUT2D eigenvalue weighted by molar-refractivity contribution is 0.210. The molecule has 1 N–H and O–H groups in total. The van der Waals surface area contributed by atoms with Gasteiger partial charge in [0, 0.05) is 5.54 Å². The molecule has 0 rings (SSSR count). The van der Waals surface area contributed by atoms with Crippen LogP contribution in [0.5, 0.6) is 0 Å². The van der Waals surface area contributed by atoms with Gasteiger partial charge < -0.3 is 5.32 Å². The highest BCUT2D eigenvalue weighted by Crippen LogP contribution is 2.32. The Morgan fingerprint density at radius 1 is 1.00 bits per heavy atom. The summed E-state index contributed by atoms with van der Waals surface area (Å²) in [6.07, 6.45) is 3.86. The molecule has 0 atom stereocenters. The van der Waals surface area contributed by atoms with Gasteiger partial charge in [-0.15, -0.1) is 0 Å². The summed E-state index contributed by atoms with van der Waals surface area (Å²) in [6.45, 7) is 14.8. The predicted octanol–water partition coefficient (Wildman–Crippen LogP) is 3.59. The molecule has 0 aliphatic rings. The first-order valence-corrected chi connectivity index (χ1v) is 5.58. The van der Waals surface area contributed by atoms with Gasteiger partial charge in [-0.3, -0.25) is 0 Å². The highest BCUT2D eigenvalue weighted by Gasteiger charge is 2.26. The molecule has 0 radical (unpaired) electrons. The maximum Gasteiger partial charge on any atom is 0.0130 e. The highest BCUT2D eigenvalue weighted by atomic mass is 14.9. The van der Waals surface area contributed by atoms with Crippen molar-refractivity contribution in [1.82, 2.24) is 5.32 Å². The third kappa shape index (κ3) is 6.09. The summed E-state index contributed by atoms with van der Waals surface area (Å²) in [5.41, 5.74) is 0.758. The van der Waals surface area contributed by atoms with Gasteiger partial charge in [0.15, 0.2) is 0 Å². The molecule has 0 bridgehead atoms. The Morgan fingerprint density at radius 3 is 1.92 bits per heavy atom. The van der Waals surface area contributed by atoms with E-state index < -0.39 is 0 Å². The maximum atomic E-state index is 3.54. The number of rotatable bonds is 6. The molecule has 0 aromatic heterocycles. The number of nitrogens with one attached hydrogen (secondary N) is 1. The Hall–Kier alpha value is -0.0400. The van der Waals surface area contributed by atoms with Gasteiger partial charge in [0.2, 0.25) is 0 Å². The Morgan fingerprint density at radius 2 is 1.54 bits per heavy atom. The molecular weight excluding hydrogens is 158 g/mol. The first-order chi connectivity index (χ1) is 5.83. The summed E-state index contributed by atoms with van der Waals surface area (Å²) in [6, 6.07) is 0. The molecule has 0 spiro atoms. The summed E-state index contributed by atoms with van der Waals surface area (Å²) in [7, 11) is 0. The van der Waals surface area contributed by atoms with Gasteiger partial charge in [-0.1, -0.05) is 34.1 Å². The molecule has 0 aromatic carbocycles. The van der Waals surface area contributed by atoms with Crippen molar-refractivity contribution < 1.29 is 0 Å². The summed E-state index contributed by atoms with van der Waals surface area (Å²) in [4.78, 5) is 0. The van der Waals surface area contributed by atoms with Crippen molar-refractivity contribution >= 4 is 0 Å². The second kappa shape index (κ2) is 4.99. The molecule has 0 saturated heterocycles. The smallest absolute Gasteiger partial charge is 0.0130 e. The van der Waals surface area contributed by atoms with Crippen molar-refractivity contribution in [1.29, 1.82) is 0 Å². The minimum Gasteiger partial charge on any atom is -0.312 e. The Labute approximate surface area is 84.3 Å². The quantitative estimate of drug-likeness (QED) is 0.667. The zero-order valence-electron chi connectivity index (χ0n) is 10.3. The van der Waals surface area contributed by atoms with Crippen LogP contribution in [0.2, 0.25) is 0 Å². The van der Waals surface area contributed by atoms with E-state index in [9.17, 15) is 0 Å². The van der Waals surface area contributed by atoms with Crippen LogP contribution < -0.4 is 5.32 Å². The summed E-state index contributed by atoms with van der Waals surface area (Å²) in [5.74, 6) is 0. The second-order valence-corrected chi connectivity index (χ2v) is 5.51. The molecule has 0 aliphatic carbocycles. The Bertz CT molecular complexity index is 120. The topological polar surface area (TPSA) is 12.0 Å². The molecule has 0 saturated carbocycles. The van der Waals surface area contributed by atoms with Gasteiger partial charge >= 0.3 is 0 Å². The molecule has 0 fully saturated rings. The van der Waals surface area contributed by atoms with Gasteiger partial charge in [-0.2, -0.15) is 0 Å². The maximum absolute atomic E-state index is 3.54. The lowest BCUT2D eigenvalue weighted by Crippen LogP contribution is -2.42. The van der Waals surface area contributed by atoms with Crippen LogP contribution in [0.15, 0.2) is 0 Å². The van der Waals surface area contributed by atoms with Crippen LogP contribution in [0.4, 0.5) is 0 Å². The van der Waals surface area contributed by atoms with Crippen LogP contribution in [-0.2, 0) is 0 Å². The van der Waals surface area contributed by atoms with E-state index >= 15 is 0 Å². The Kier molecular flexibility index (Phi) is 4.98. The van der Waals surface area contributed by atoms with Crippen molar-refractivity contribution in [3.8, 4) is 0 Å². The molecule has 80 valence electrons. The third-order valence-corrected chi connectivity index (χ3v) is 2.50. The Balaban J connectivity index is 4.07. The SMILES string of the molecule is CCCC(C)(C)CC(C)(C)NCC. The van der Waals surface area contributed by atoms with Crippen molar-refractivity contribution in [3.63, 3.8) is 0 Å². The van der Waals surface area contributed by atoms with Gasteiger partial charge in [0.1, 0.15) is 0 Å². The fraction of sp³-hybridized carbons (Fsp3) is 1.00. The van der Waals surface area contributed by atoms with Crippen LogP contribution >= 0.6 is 0 Å². The predicted molar refractivity (Wildman–Crippen MR) is 61.1 cm³/mol. The minimum absolute atomic E-state index is 0.285. The van der Waals surface area contributed by atoms with Crippen molar-refractivity contribution in [2.24, 2.45) is 5.41 Å². The van der Waals surface area contributed by atoms with Crippen LogP contribution in [0.3, 0.4) is 0 Å². The van der Waals surface area contributed by atoms with E-state index in [1.807, 2.05) is 0 Å². The van der Waals surface area contributed by atoms with Crippen LogP contribution in [0, 0.1) is 5.41 Å². The van der Waals surface area contributed by atoms with E-state index in [1.54, 1.807) is 0 Å². The van der Waals surface area contributed by atoms with E-state index in [2.05, 4.69) is 46.9 Å². The second-order valence-electron chi connectivity index (χ2n) is 5.51. The largest absolute Gasteiger partial charge is 0.312 e. The standard InChI is InChI=1S/C12H27N/c1-7-9-11(3,4)10-12(5,6)13-8-2/h13H,7-10H2,1-6H3. The number of hydrogen-bond acceptors (Lipinski definition) is 1. The first-order valence-electron chi connectivity index (χ1n) is 5.58. The van der Waals surface area contributed by atoms with E-state index in [-0.39, 0.29) is 5.54 Å². The van der Waals surface area contributed by atoms with E-state index in [4.69, 9.17) is 0 Å². The van der Waals surface area contributed by atoms with E-state index in [0.29, 0.717) is 5.41 Å². The molecule has 1 nitrogen and oxygen atoms in total. The van der Waals surface area contributed by atoms with E-state index in [1.165, 1.54) is 19.3 Å². The van der Waals surface area contributed by atoms with Gasteiger partial charge in [-0.25, -0.2) is 0 Å². The summed E-state index contributed by atoms with van der Waals surface area (Å²) < 4.78 is 0. The number of hydrogen-bond donors (Lipinski definition) is 1. The molecule has 0 unspecified atom stereocenters. The van der Waals surface area contributed by atoms with Gasteiger partial charge in [0.05, 0.1) is 0 Å². The summed E-state index contributed by atoms with van der Waals surface area (Å²) >= 11 is 0. The zero-order chi connectivity index (χ0) is 10.5. The minimum atomic E-state index is 0.285. The van der Waals surface area contributed by atoms with Gasteiger partial charge in [0.25, 0.3) is 0 Å². The normalized spacial score (nSPS) is 13.4. The lowest BCUT2D eigenvalue weighted by atomic mass is 9.77.